The van der Waals surface area contributed by atoms with E-state index >= 15 is 0 Å². The van der Waals surface area contributed by atoms with Gasteiger partial charge in [0, 0.05) is 0 Å². The van der Waals surface area contributed by atoms with Crippen molar-refractivity contribution in [3.05, 3.63) is 35.0 Å². The molecule has 1 aromatic heterocycles. The summed E-state index contributed by atoms with van der Waals surface area (Å²) in [6.45, 7) is 6.42. The van der Waals surface area contributed by atoms with E-state index in [-0.39, 0.29) is 0 Å². The summed E-state index contributed by atoms with van der Waals surface area (Å²) in [6.07, 6.45) is 4.46. The highest BCUT2D eigenvalue weighted by Gasteiger charge is 2.15. The molecule has 2 rings (SSSR count). The van der Waals surface area contributed by atoms with Gasteiger partial charge in [0.2, 0.25) is 5.88 Å². The average Bonchev–Trinajstić information content (AvgIpc) is 2.75. The van der Waals surface area contributed by atoms with Gasteiger partial charge in [-0.1, -0.05) is 43.1 Å². The van der Waals surface area contributed by atoms with Crippen molar-refractivity contribution >= 4 is 5.88 Å². The average molecular weight is 258 g/mol. The zero-order valence-electron chi connectivity index (χ0n) is 12.0. The lowest BCUT2D eigenvalue weighted by atomic mass is 9.98. The number of hydrogen-bond acceptors (Lipinski definition) is 3. The van der Waals surface area contributed by atoms with Crippen molar-refractivity contribution in [2.24, 2.45) is 0 Å². The maximum Gasteiger partial charge on any atom is 0.230 e. The minimum atomic E-state index is 0.426. The van der Waals surface area contributed by atoms with Gasteiger partial charge in [-0.3, -0.25) is 0 Å². The van der Waals surface area contributed by atoms with E-state index in [2.05, 4.69) is 44.1 Å². The van der Waals surface area contributed by atoms with E-state index in [9.17, 15) is 0 Å². The summed E-state index contributed by atoms with van der Waals surface area (Å²) in [7, 11) is 0. The molecule has 0 atom stereocenters. The molecular formula is C16H22N2O. The Balaban J connectivity index is 2.32. The maximum atomic E-state index is 5.94. The van der Waals surface area contributed by atoms with Crippen molar-refractivity contribution in [3.8, 4) is 11.1 Å². The first kappa shape index (κ1) is 13.7. The molecule has 0 unspecified atom stereocenters. The molecule has 1 heterocycles. The monoisotopic (exact) mass is 258 g/mol. The van der Waals surface area contributed by atoms with Crippen molar-refractivity contribution in [3.63, 3.8) is 0 Å². The van der Waals surface area contributed by atoms with Crippen LogP contribution < -0.4 is 5.73 Å². The van der Waals surface area contributed by atoms with Crippen LogP contribution in [0.4, 0.5) is 5.88 Å². The maximum absolute atomic E-state index is 5.94. The minimum Gasteiger partial charge on any atom is -0.367 e. The van der Waals surface area contributed by atoms with Crippen LogP contribution in [0.15, 0.2) is 22.7 Å². The molecule has 19 heavy (non-hydrogen) atoms. The third-order valence-electron chi connectivity index (χ3n) is 3.60. The van der Waals surface area contributed by atoms with Gasteiger partial charge < -0.3 is 10.3 Å². The van der Waals surface area contributed by atoms with Crippen molar-refractivity contribution in [1.82, 2.24) is 5.16 Å². The molecule has 3 heteroatoms. The van der Waals surface area contributed by atoms with Crippen LogP contribution in [0.2, 0.25) is 0 Å². The third kappa shape index (κ3) is 2.98. The normalized spacial score (nSPS) is 10.9. The Kier molecular flexibility index (Phi) is 4.25. The van der Waals surface area contributed by atoms with Crippen LogP contribution >= 0.6 is 0 Å². The first-order valence-electron chi connectivity index (χ1n) is 6.95. The summed E-state index contributed by atoms with van der Waals surface area (Å²) in [4.78, 5) is 0. The van der Waals surface area contributed by atoms with Crippen LogP contribution in [0.3, 0.4) is 0 Å². The van der Waals surface area contributed by atoms with Crippen molar-refractivity contribution in [1.29, 1.82) is 0 Å². The largest absolute Gasteiger partial charge is 0.367 e. The van der Waals surface area contributed by atoms with Crippen LogP contribution in [0, 0.1) is 13.8 Å². The van der Waals surface area contributed by atoms with Crippen LogP contribution in [-0.4, -0.2) is 5.16 Å². The number of nitrogens with two attached hydrogens (primary N) is 1. The second-order valence-corrected chi connectivity index (χ2v) is 5.12. The number of nitrogens with zero attached hydrogens (tertiary/aromatic N) is 1. The number of unbranched alkanes of at least 4 members (excludes halogenated alkanes) is 2. The van der Waals surface area contributed by atoms with Gasteiger partial charge in [0.05, 0.1) is 11.3 Å². The molecule has 2 aromatic rings. The topological polar surface area (TPSA) is 52.0 Å². The molecule has 0 spiro atoms. The van der Waals surface area contributed by atoms with E-state index in [0.29, 0.717) is 5.88 Å². The molecule has 0 saturated heterocycles. The summed E-state index contributed by atoms with van der Waals surface area (Å²) in [5.41, 5.74) is 11.5. The Morgan fingerprint density at radius 3 is 2.63 bits per heavy atom. The molecule has 2 N–H and O–H groups in total. The second-order valence-electron chi connectivity index (χ2n) is 5.12. The minimum absolute atomic E-state index is 0.426. The SMILES string of the molecule is CCCCCc1noc(N)c1-c1ccc(C)c(C)c1. The van der Waals surface area contributed by atoms with E-state index in [1.807, 2.05) is 0 Å². The summed E-state index contributed by atoms with van der Waals surface area (Å²) in [6, 6.07) is 6.36. The summed E-state index contributed by atoms with van der Waals surface area (Å²) >= 11 is 0. The van der Waals surface area contributed by atoms with E-state index in [4.69, 9.17) is 10.3 Å². The van der Waals surface area contributed by atoms with Crippen LogP contribution in [0.1, 0.15) is 43.0 Å². The summed E-state index contributed by atoms with van der Waals surface area (Å²) < 4.78 is 5.18. The number of aryl methyl sites for hydroxylation is 3. The highest BCUT2D eigenvalue weighted by Crippen LogP contribution is 2.31. The van der Waals surface area contributed by atoms with Crippen molar-refractivity contribution < 1.29 is 4.52 Å². The number of nitrogen functional groups attached to an aromatic ring is 1. The first-order chi connectivity index (χ1) is 9.13. The lowest BCUT2D eigenvalue weighted by Crippen LogP contribution is -1.93. The Hall–Kier alpha value is -1.77. The van der Waals surface area contributed by atoms with Gasteiger partial charge in [-0.15, -0.1) is 0 Å². The van der Waals surface area contributed by atoms with Gasteiger partial charge in [-0.25, -0.2) is 0 Å². The molecule has 0 bridgehead atoms. The number of anilines is 1. The molecule has 0 saturated carbocycles. The fourth-order valence-corrected chi connectivity index (χ4v) is 2.26. The Morgan fingerprint density at radius 2 is 1.95 bits per heavy atom. The van der Waals surface area contributed by atoms with Gasteiger partial charge in [-0.05, 0) is 43.4 Å². The standard InChI is InChI=1S/C16H22N2O/c1-4-5-6-7-14-15(16(17)19-18-14)13-9-8-11(2)12(3)10-13/h8-10H,4-7,17H2,1-3H3. The van der Waals surface area contributed by atoms with Crippen LogP contribution in [0.25, 0.3) is 11.1 Å². The van der Waals surface area contributed by atoms with Gasteiger partial charge >= 0.3 is 0 Å². The molecule has 3 nitrogen and oxygen atoms in total. The predicted molar refractivity (Wildman–Crippen MR) is 79.1 cm³/mol. The van der Waals surface area contributed by atoms with E-state index < -0.39 is 0 Å². The van der Waals surface area contributed by atoms with Gasteiger partial charge in [-0.2, -0.15) is 0 Å². The summed E-state index contributed by atoms with van der Waals surface area (Å²) in [5.74, 6) is 0.426. The molecule has 0 aliphatic heterocycles. The van der Waals surface area contributed by atoms with Crippen molar-refractivity contribution in [2.75, 3.05) is 5.73 Å². The fraction of sp³-hybridized carbons (Fsp3) is 0.438. The molecule has 0 fully saturated rings. The zero-order valence-corrected chi connectivity index (χ0v) is 12.0. The van der Waals surface area contributed by atoms with Gasteiger partial charge in [0.1, 0.15) is 0 Å². The lowest BCUT2D eigenvalue weighted by molar-refractivity contribution is 0.426. The molecule has 0 amide bonds. The highest BCUT2D eigenvalue weighted by molar-refractivity contribution is 5.75. The van der Waals surface area contributed by atoms with Crippen molar-refractivity contribution in [2.45, 2.75) is 46.5 Å². The van der Waals surface area contributed by atoms with Gasteiger partial charge in [0.25, 0.3) is 0 Å². The molecule has 1 aromatic carbocycles. The Bertz CT molecular complexity index is 558. The molecule has 0 aliphatic rings. The number of benzene rings is 1. The molecular weight excluding hydrogens is 236 g/mol. The first-order valence-corrected chi connectivity index (χ1v) is 6.95. The Morgan fingerprint density at radius 1 is 1.16 bits per heavy atom. The second kappa shape index (κ2) is 5.91. The van der Waals surface area contributed by atoms with E-state index in [0.717, 1.165) is 29.7 Å². The van der Waals surface area contributed by atoms with E-state index in [1.54, 1.807) is 0 Å². The molecule has 0 aliphatic carbocycles. The smallest absolute Gasteiger partial charge is 0.230 e. The van der Waals surface area contributed by atoms with Crippen LogP contribution in [0.5, 0.6) is 0 Å². The zero-order chi connectivity index (χ0) is 13.8. The van der Waals surface area contributed by atoms with Gasteiger partial charge in [0.15, 0.2) is 0 Å². The summed E-state index contributed by atoms with van der Waals surface area (Å²) in [5, 5.41) is 4.12. The predicted octanol–water partition coefficient (Wildman–Crippen LogP) is 4.27. The number of aromatic nitrogens is 1. The quantitative estimate of drug-likeness (QED) is 0.815. The highest BCUT2D eigenvalue weighted by atomic mass is 16.5. The molecule has 102 valence electrons. The fourth-order valence-electron chi connectivity index (χ4n) is 2.26. The third-order valence-corrected chi connectivity index (χ3v) is 3.60. The number of hydrogen-bond donors (Lipinski definition) is 1. The van der Waals surface area contributed by atoms with E-state index in [1.165, 1.54) is 24.0 Å². The number of rotatable bonds is 5. The molecule has 0 radical (unpaired) electrons. The van der Waals surface area contributed by atoms with Crippen LogP contribution in [-0.2, 0) is 6.42 Å². The Labute approximate surface area is 114 Å². The lowest BCUT2D eigenvalue weighted by Gasteiger charge is -2.06.